The molecule has 2 heterocycles. The molecule has 2 N–H and O–H groups in total. The zero-order chi connectivity index (χ0) is 13.5. The number of pyridine rings is 1. The number of likely N-dealkylation sites (tertiary alicyclic amines) is 1. The van der Waals surface area contributed by atoms with Gasteiger partial charge in [-0.2, -0.15) is 0 Å². The molecule has 0 aliphatic carbocycles. The molecular weight excluding hydrogens is 244 g/mol. The highest BCUT2D eigenvalue weighted by atomic mass is 16.5. The van der Waals surface area contributed by atoms with Gasteiger partial charge in [-0.15, -0.1) is 0 Å². The van der Waals surface area contributed by atoms with Gasteiger partial charge < -0.3 is 9.64 Å². The van der Waals surface area contributed by atoms with E-state index in [9.17, 15) is 0 Å². The molecule has 1 aliphatic rings. The fraction of sp³-hybridized carbons (Fsp3) is 0.538. The van der Waals surface area contributed by atoms with Crippen LogP contribution in [0.3, 0.4) is 0 Å². The summed E-state index contributed by atoms with van der Waals surface area (Å²) in [6, 6.07) is 3.58. The molecule has 6 heteroatoms. The van der Waals surface area contributed by atoms with Crippen molar-refractivity contribution in [2.75, 3.05) is 26.7 Å². The Balaban J connectivity index is 1.81. The lowest BCUT2D eigenvalue weighted by molar-refractivity contribution is 0.147. The summed E-state index contributed by atoms with van der Waals surface area (Å²) in [6.07, 6.45) is 5.25. The minimum Gasteiger partial charge on any atom is -0.477 e. The Hall–Kier alpha value is -1.66. The van der Waals surface area contributed by atoms with Crippen molar-refractivity contribution in [1.29, 1.82) is 0 Å². The second-order valence-corrected chi connectivity index (χ2v) is 4.82. The third-order valence-electron chi connectivity index (χ3n) is 3.18. The molecule has 1 saturated heterocycles. The van der Waals surface area contributed by atoms with Crippen LogP contribution in [0.25, 0.3) is 0 Å². The molecule has 1 aliphatic heterocycles. The maximum Gasteiger partial charge on any atom is 0.213 e. The van der Waals surface area contributed by atoms with E-state index in [4.69, 9.17) is 9.94 Å². The molecule has 0 saturated carbocycles. The first-order chi connectivity index (χ1) is 9.28. The summed E-state index contributed by atoms with van der Waals surface area (Å²) in [5, 5.41) is 8.38. The minimum atomic E-state index is 0.580. The van der Waals surface area contributed by atoms with Crippen LogP contribution in [0.15, 0.2) is 23.3 Å². The van der Waals surface area contributed by atoms with Crippen LogP contribution in [0.2, 0.25) is 0 Å². The van der Waals surface area contributed by atoms with Crippen LogP contribution in [0.1, 0.15) is 12.8 Å². The lowest BCUT2D eigenvalue weighted by atomic mass is 10.00. The van der Waals surface area contributed by atoms with Gasteiger partial charge in [-0.1, -0.05) is 0 Å². The van der Waals surface area contributed by atoms with E-state index in [1.807, 2.05) is 5.48 Å². The van der Waals surface area contributed by atoms with Crippen LogP contribution in [0, 0.1) is 5.92 Å². The summed E-state index contributed by atoms with van der Waals surface area (Å²) >= 11 is 0. The monoisotopic (exact) mass is 264 g/mol. The lowest BCUT2D eigenvalue weighted by Gasteiger charge is -2.29. The van der Waals surface area contributed by atoms with Crippen LogP contribution in [0.4, 0.5) is 5.69 Å². The molecule has 1 atom stereocenters. The summed E-state index contributed by atoms with van der Waals surface area (Å²) in [7, 11) is 2.15. The topological polar surface area (TPSA) is 70.0 Å². The number of nitrogens with one attached hydrogen (secondary N) is 1. The van der Waals surface area contributed by atoms with Gasteiger partial charge in [-0.05, 0) is 32.5 Å². The molecular formula is C13H20N4O2. The second-order valence-electron chi connectivity index (χ2n) is 4.82. The first kappa shape index (κ1) is 13.8. The van der Waals surface area contributed by atoms with E-state index in [1.165, 1.54) is 25.7 Å². The predicted octanol–water partition coefficient (Wildman–Crippen LogP) is 1.44. The van der Waals surface area contributed by atoms with Gasteiger partial charge in [0, 0.05) is 18.5 Å². The summed E-state index contributed by atoms with van der Waals surface area (Å²) < 4.78 is 5.70. The van der Waals surface area contributed by atoms with Crippen LogP contribution in [-0.4, -0.2) is 48.2 Å². The SMILES string of the molecule is CN1CCCC(COc2ccc(N=CNO)cn2)C1. The van der Waals surface area contributed by atoms with Crippen molar-refractivity contribution < 1.29 is 9.94 Å². The van der Waals surface area contributed by atoms with Crippen LogP contribution in [0.5, 0.6) is 5.88 Å². The number of rotatable bonds is 5. The first-order valence-corrected chi connectivity index (χ1v) is 6.47. The van der Waals surface area contributed by atoms with Crippen LogP contribution in [-0.2, 0) is 0 Å². The van der Waals surface area contributed by atoms with E-state index in [-0.39, 0.29) is 0 Å². The summed E-state index contributed by atoms with van der Waals surface area (Å²) in [5.74, 6) is 1.20. The van der Waals surface area contributed by atoms with E-state index in [2.05, 4.69) is 21.9 Å². The Morgan fingerprint density at radius 1 is 1.63 bits per heavy atom. The maximum atomic E-state index is 8.38. The number of hydroxylamine groups is 1. The Labute approximate surface area is 113 Å². The average molecular weight is 264 g/mol. The number of ether oxygens (including phenoxy) is 1. The van der Waals surface area contributed by atoms with E-state index in [1.54, 1.807) is 18.3 Å². The van der Waals surface area contributed by atoms with Crippen molar-refractivity contribution in [2.45, 2.75) is 12.8 Å². The van der Waals surface area contributed by atoms with Crippen molar-refractivity contribution in [1.82, 2.24) is 15.4 Å². The fourth-order valence-electron chi connectivity index (χ4n) is 2.25. The highest BCUT2D eigenvalue weighted by Gasteiger charge is 2.17. The minimum absolute atomic E-state index is 0.580. The molecule has 6 nitrogen and oxygen atoms in total. The largest absolute Gasteiger partial charge is 0.477 e. The van der Waals surface area contributed by atoms with E-state index < -0.39 is 0 Å². The molecule has 0 spiro atoms. The maximum absolute atomic E-state index is 8.38. The van der Waals surface area contributed by atoms with Crippen molar-refractivity contribution in [3.63, 3.8) is 0 Å². The molecule has 1 fully saturated rings. The smallest absolute Gasteiger partial charge is 0.213 e. The standard InChI is InChI=1S/C13H20N4O2/c1-17-6-2-3-11(8-17)9-19-13-5-4-12(7-14-13)15-10-16-18/h4-5,7,10-11,18H,2-3,6,8-9H2,1H3,(H,15,16). The zero-order valence-electron chi connectivity index (χ0n) is 11.1. The van der Waals surface area contributed by atoms with Crippen molar-refractivity contribution >= 4 is 12.0 Å². The molecule has 0 bridgehead atoms. The predicted molar refractivity (Wildman–Crippen MR) is 73.0 cm³/mol. The number of hydrogen-bond donors (Lipinski definition) is 2. The third kappa shape index (κ3) is 4.50. The van der Waals surface area contributed by atoms with E-state index in [0.29, 0.717) is 24.1 Å². The fourth-order valence-corrected chi connectivity index (χ4v) is 2.25. The van der Waals surface area contributed by atoms with Gasteiger partial charge in [0.15, 0.2) is 0 Å². The summed E-state index contributed by atoms with van der Waals surface area (Å²) in [6.45, 7) is 2.98. The van der Waals surface area contributed by atoms with Gasteiger partial charge in [-0.25, -0.2) is 9.98 Å². The molecule has 0 radical (unpaired) electrons. The Morgan fingerprint density at radius 3 is 3.21 bits per heavy atom. The van der Waals surface area contributed by atoms with Crippen LogP contribution < -0.4 is 10.2 Å². The number of aliphatic imine (C=N–C) groups is 1. The Bertz CT molecular complexity index is 408. The molecule has 0 aromatic carbocycles. The molecule has 0 amide bonds. The highest BCUT2D eigenvalue weighted by Crippen LogP contribution is 2.18. The number of aromatic nitrogens is 1. The molecule has 1 unspecified atom stereocenters. The number of nitrogens with zero attached hydrogens (tertiary/aromatic N) is 3. The van der Waals surface area contributed by atoms with Crippen molar-refractivity contribution in [3.8, 4) is 5.88 Å². The van der Waals surface area contributed by atoms with Crippen molar-refractivity contribution in [3.05, 3.63) is 18.3 Å². The summed E-state index contributed by atoms with van der Waals surface area (Å²) in [4.78, 5) is 10.4. The molecule has 19 heavy (non-hydrogen) atoms. The average Bonchev–Trinajstić information content (AvgIpc) is 2.44. The van der Waals surface area contributed by atoms with Crippen LogP contribution >= 0.6 is 0 Å². The quantitative estimate of drug-likeness (QED) is 0.478. The Morgan fingerprint density at radius 2 is 2.53 bits per heavy atom. The molecule has 1 aromatic rings. The Kier molecular flexibility index (Phi) is 5.11. The molecule has 1 aromatic heterocycles. The third-order valence-corrected chi connectivity index (χ3v) is 3.18. The number of piperidine rings is 1. The zero-order valence-corrected chi connectivity index (χ0v) is 11.1. The van der Waals surface area contributed by atoms with E-state index >= 15 is 0 Å². The van der Waals surface area contributed by atoms with E-state index in [0.717, 1.165) is 6.54 Å². The molecule has 2 rings (SSSR count). The molecule has 104 valence electrons. The van der Waals surface area contributed by atoms with Gasteiger partial charge in [0.1, 0.15) is 6.34 Å². The first-order valence-electron chi connectivity index (χ1n) is 6.47. The van der Waals surface area contributed by atoms with Gasteiger partial charge in [0.05, 0.1) is 18.5 Å². The van der Waals surface area contributed by atoms with Gasteiger partial charge >= 0.3 is 0 Å². The number of hydrogen-bond acceptors (Lipinski definition) is 5. The normalized spacial score (nSPS) is 20.6. The lowest BCUT2D eigenvalue weighted by Crippen LogP contribution is -2.34. The summed E-state index contributed by atoms with van der Waals surface area (Å²) in [5.41, 5.74) is 2.51. The van der Waals surface area contributed by atoms with Gasteiger partial charge in [-0.3, -0.25) is 10.7 Å². The second kappa shape index (κ2) is 7.06. The van der Waals surface area contributed by atoms with Crippen molar-refractivity contribution in [2.24, 2.45) is 10.9 Å². The van der Waals surface area contributed by atoms with Gasteiger partial charge in [0.2, 0.25) is 5.88 Å². The highest BCUT2D eigenvalue weighted by molar-refractivity contribution is 5.59. The van der Waals surface area contributed by atoms with Gasteiger partial charge in [0.25, 0.3) is 0 Å².